The maximum Gasteiger partial charge on any atom is 0.273 e. The second-order valence-electron chi connectivity index (χ2n) is 10.4. The molecule has 0 spiro atoms. The molecule has 2 rings (SSSR count). The number of benzene rings is 1. The van der Waals surface area contributed by atoms with Crippen molar-refractivity contribution < 1.29 is 28.8 Å². The number of unbranched alkanes of at least 4 members (excludes halogenated alkanes) is 1. The van der Waals surface area contributed by atoms with Crippen molar-refractivity contribution in [1.29, 1.82) is 5.26 Å². The predicted octanol–water partition coefficient (Wildman–Crippen LogP) is 1.62. The number of amides is 3. The van der Waals surface area contributed by atoms with Gasteiger partial charge in [0.05, 0.1) is 12.1 Å². The molecule has 2 aromatic rings. The number of nitrogens with one attached hydrogen (secondary N) is 4. The van der Waals surface area contributed by atoms with Crippen molar-refractivity contribution in [1.82, 2.24) is 26.4 Å². The molecule has 0 unspecified atom stereocenters. The van der Waals surface area contributed by atoms with Gasteiger partial charge in [-0.15, -0.1) is 0 Å². The molecular weight excluding hydrogens is 540 g/mol. The first-order chi connectivity index (χ1) is 20.0. The molecule has 12 nitrogen and oxygen atoms in total. The van der Waals surface area contributed by atoms with Gasteiger partial charge in [-0.05, 0) is 44.6 Å². The van der Waals surface area contributed by atoms with Gasteiger partial charge in [0.15, 0.2) is 12.0 Å². The fourth-order valence-corrected chi connectivity index (χ4v) is 3.95. The van der Waals surface area contributed by atoms with E-state index in [0.29, 0.717) is 44.4 Å². The second kappa shape index (κ2) is 17.5. The molecule has 1 heterocycles. The summed E-state index contributed by atoms with van der Waals surface area (Å²) in [5, 5.41) is 34.3. The minimum atomic E-state index is -1.53. The van der Waals surface area contributed by atoms with Gasteiger partial charge in [-0.3, -0.25) is 14.4 Å². The number of aliphatic hydroxyl groups is 1. The number of allylic oxidation sites excluding steroid dienone is 1. The minimum Gasteiger partial charge on any atom is -0.383 e. The summed E-state index contributed by atoms with van der Waals surface area (Å²) < 4.78 is 4.91. The minimum absolute atomic E-state index is 0.00664. The van der Waals surface area contributed by atoms with Crippen molar-refractivity contribution in [3.63, 3.8) is 0 Å². The highest BCUT2D eigenvalue weighted by atomic mass is 16.5. The SMILES string of the molecule is Cc1ccc(CNC(=O)[C@H](CCCCNC(=O)C(C#N)=CC(C)C)NC[C@H](NC(=O)c2cc(C)on2)[C@@H](O)C=O)cc1. The van der Waals surface area contributed by atoms with Crippen LogP contribution in [0.15, 0.2) is 46.5 Å². The van der Waals surface area contributed by atoms with Gasteiger partial charge in [-0.2, -0.15) is 5.26 Å². The Morgan fingerprint density at radius 3 is 2.43 bits per heavy atom. The molecule has 0 aliphatic carbocycles. The summed E-state index contributed by atoms with van der Waals surface area (Å²) in [6.07, 6.45) is 1.81. The number of aldehydes is 1. The summed E-state index contributed by atoms with van der Waals surface area (Å²) in [6.45, 7) is 7.87. The molecule has 226 valence electrons. The summed E-state index contributed by atoms with van der Waals surface area (Å²) in [4.78, 5) is 49.3. The van der Waals surface area contributed by atoms with E-state index in [-0.39, 0.29) is 29.6 Å². The molecule has 0 saturated carbocycles. The Morgan fingerprint density at radius 1 is 1.12 bits per heavy atom. The van der Waals surface area contributed by atoms with E-state index in [9.17, 15) is 29.5 Å². The molecule has 0 aliphatic heterocycles. The lowest BCUT2D eigenvalue weighted by atomic mass is 10.1. The van der Waals surface area contributed by atoms with Crippen molar-refractivity contribution >= 4 is 24.0 Å². The monoisotopic (exact) mass is 580 g/mol. The summed E-state index contributed by atoms with van der Waals surface area (Å²) in [5.41, 5.74) is 2.07. The van der Waals surface area contributed by atoms with E-state index in [1.54, 1.807) is 13.0 Å². The van der Waals surface area contributed by atoms with Crippen LogP contribution in [0.2, 0.25) is 0 Å². The van der Waals surface area contributed by atoms with Gasteiger partial charge >= 0.3 is 0 Å². The number of hydrogen-bond acceptors (Lipinski definition) is 9. The van der Waals surface area contributed by atoms with Crippen LogP contribution in [-0.4, -0.2) is 65.5 Å². The molecule has 3 amide bonds. The van der Waals surface area contributed by atoms with Crippen LogP contribution in [0.25, 0.3) is 0 Å². The van der Waals surface area contributed by atoms with E-state index in [1.807, 2.05) is 51.1 Å². The standard InChI is InChI=1S/C30H40N6O6/c1-19(2)13-23(15-31)28(39)32-12-6-5-7-24(29(40)34-16-22-10-8-20(3)9-11-22)33-17-26(27(38)18-37)35-30(41)25-14-21(4)42-36-25/h8-11,13-14,18-19,24,26-27,33,38H,5-7,12,16-17H2,1-4H3,(H,32,39)(H,34,40)(H,35,41)/t24-,26-,27-/m0/s1. The number of aryl methyl sites for hydroxylation is 2. The van der Waals surface area contributed by atoms with E-state index in [0.717, 1.165) is 11.1 Å². The van der Waals surface area contributed by atoms with Crippen molar-refractivity contribution in [2.45, 2.75) is 71.7 Å². The van der Waals surface area contributed by atoms with E-state index >= 15 is 0 Å². The molecule has 5 N–H and O–H groups in total. The third-order valence-electron chi connectivity index (χ3n) is 6.29. The molecule has 1 aromatic carbocycles. The smallest absolute Gasteiger partial charge is 0.273 e. The van der Waals surface area contributed by atoms with Gasteiger partial charge in [0.1, 0.15) is 23.5 Å². The topological polar surface area (TPSA) is 186 Å². The van der Waals surface area contributed by atoms with Crippen LogP contribution in [0.5, 0.6) is 0 Å². The number of aliphatic hydroxyl groups excluding tert-OH is 1. The first kappa shape index (κ1) is 33.9. The van der Waals surface area contributed by atoms with Gasteiger partial charge in [0.2, 0.25) is 5.91 Å². The Kier molecular flexibility index (Phi) is 14.1. The van der Waals surface area contributed by atoms with Crippen LogP contribution >= 0.6 is 0 Å². The van der Waals surface area contributed by atoms with Crippen LogP contribution in [0, 0.1) is 31.1 Å². The predicted molar refractivity (Wildman–Crippen MR) is 155 cm³/mol. The maximum atomic E-state index is 13.2. The number of aromatic nitrogens is 1. The van der Waals surface area contributed by atoms with Crippen molar-refractivity contribution in [3.8, 4) is 6.07 Å². The Morgan fingerprint density at radius 2 is 1.83 bits per heavy atom. The van der Waals surface area contributed by atoms with Crippen LogP contribution in [0.3, 0.4) is 0 Å². The fraction of sp³-hybridized carbons (Fsp3) is 0.467. The lowest BCUT2D eigenvalue weighted by Crippen LogP contribution is -2.54. The third kappa shape index (κ3) is 11.6. The van der Waals surface area contributed by atoms with E-state index < -0.39 is 30.0 Å². The molecule has 0 saturated heterocycles. The number of carbonyl (C=O) groups is 4. The van der Waals surface area contributed by atoms with Crippen LogP contribution in [0.1, 0.15) is 60.5 Å². The Balaban J connectivity index is 2.02. The van der Waals surface area contributed by atoms with Gasteiger partial charge < -0.3 is 35.7 Å². The second-order valence-corrected chi connectivity index (χ2v) is 10.4. The number of nitriles is 1. The molecule has 42 heavy (non-hydrogen) atoms. The van der Waals surface area contributed by atoms with Gasteiger partial charge in [0.25, 0.3) is 11.8 Å². The summed E-state index contributed by atoms with van der Waals surface area (Å²) >= 11 is 0. The fourth-order valence-electron chi connectivity index (χ4n) is 3.95. The lowest BCUT2D eigenvalue weighted by Gasteiger charge is -2.24. The first-order valence-electron chi connectivity index (χ1n) is 13.9. The van der Waals surface area contributed by atoms with Crippen LogP contribution in [-0.2, 0) is 20.9 Å². The Bertz CT molecular complexity index is 1260. The largest absolute Gasteiger partial charge is 0.383 e. The van der Waals surface area contributed by atoms with Crippen molar-refractivity contribution in [2.75, 3.05) is 13.1 Å². The molecule has 1 aromatic heterocycles. The molecule has 0 fully saturated rings. The highest BCUT2D eigenvalue weighted by Crippen LogP contribution is 2.07. The number of carbonyl (C=O) groups excluding carboxylic acids is 4. The van der Waals surface area contributed by atoms with E-state index in [4.69, 9.17) is 4.52 Å². The van der Waals surface area contributed by atoms with Crippen LogP contribution in [0.4, 0.5) is 0 Å². The Labute approximate surface area is 245 Å². The molecular formula is C30H40N6O6. The summed E-state index contributed by atoms with van der Waals surface area (Å²) in [7, 11) is 0. The van der Waals surface area contributed by atoms with Gasteiger partial charge in [-0.1, -0.05) is 54.9 Å². The maximum absolute atomic E-state index is 13.2. The highest BCUT2D eigenvalue weighted by Gasteiger charge is 2.26. The normalized spacial score (nSPS) is 13.5. The van der Waals surface area contributed by atoms with Crippen molar-refractivity contribution in [3.05, 3.63) is 64.6 Å². The zero-order valence-corrected chi connectivity index (χ0v) is 24.5. The molecule has 12 heteroatoms. The quantitative estimate of drug-likeness (QED) is 0.0802. The highest BCUT2D eigenvalue weighted by molar-refractivity contribution is 5.97. The van der Waals surface area contributed by atoms with Gasteiger partial charge in [0, 0.05) is 25.7 Å². The summed E-state index contributed by atoms with van der Waals surface area (Å²) in [5.74, 6) is -0.905. The zero-order chi connectivity index (χ0) is 31.1. The number of nitrogens with zero attached hydrogens (tertiary/aromatic N) is 2. The average molecular weight is 581 g/mol. The molecule has 0 aliphatic rings. The summed E-state index contributed by atoms with van der Waals surface area (Å²) in [6, 6.07) is 9.29. The third-order valence-corrected chi connectivity index (χ3v) is 6.29. The molecule has 0 radical (unpaired) electrons. The zero-order valence-electron chi connectivity index (χ0n) is 24.5. The van der Waals surface area contributed by atoms with E-state index in [2.05, 4.69) is 26.4 Å². The number of hydrogen-bond donors (Lipinski definition) is 5. The van der Waals surface area contributed by atoms with E-state index in [1.165, 1.54) is 6.07 Å². The number of rotatable bonds is 17. The molecule has 3 atom stereocenters. The van der Waals surface area contributed by atoms with Crippen molar-refractivity contribution in [2.24, 2.45) is 5.92 Å². The lowest BCUT2D eigenvalue weighted by molar-refractivity contribution is -0.123. The first-order valence-corrected chi connectivity index (χ1v) is 13.9. The average Bonchev–Trinajstić information content (AvgIpc) is 3.41. The Hall–Kier alpha value is -4.34. The molecule has 0 bridgehead atoms. The van der Waals surface area contributed by atoms with Crippen LogP contribution < -0.4 is 21.3 Å². The van der Waals surface area contributed by atoms with Gasteiger partial charge in [-0.25, -0.2) is 0 Å².